The van der Waals surface area contributed by atoms with E-state index in [2.05, 4.69) is 27.9 Å². The summed E-state index contributed by atoms with van der Waals surface area (Å²) >= 11 is 3.57. The average Bonchev–Trinajstić information content (AvgIpc) is 2.45. The van der Waals surface area contributed by atoms with Gasteiger partial charge in [-0.3, -0.25) is 0 Å². The van der Waals surface area contributed by atoms with Gasteiger partial charge >= 0.3 is 5.97 Å². The van der Waals surface area contributed by atoms with Crippen molar-refractivity contribution in [2.24, 2.45) is 0 Å². The number of carboxylic acids is 1. The fourth-order valence-corrected chi connectivity index (χ4v) is 3.03. The maximum absolute atomic E-state index is 10.5. The van der Waals surface area contributed by atoms with Crippen molar-refractivity contribution in [3.05, 3.63) is 34.3 Å². The first-order chi connectivity index (χ1) is 9.58. The minimum absolute atomic E-state index is 0.487. The predicted octanol–water partition coefficient (Wildman–Crippen LogP) is 3.16. The third-order valence-electron chi connectivity index (χ3n) is 3.51. The minimum Gasteiger partial charge on any atom is -0.478 e. The van der Waals surface area contributed by atoms with Crippen molar-refractivity contribution in [1.29, 1.82) is 0 Å². The van der Waals surface area contributed by atoms with Crippen molar-refractivity contribution in [2.45, 2.75) is 18.9 Å². The molecule has 20 heavy (non-hydrogen) atoms. The topological polar surface area (TPSA) is 49.8 Å². The number of hydrogen-bond donors (Lipinski definition) is 1. The molecule has 0 saturated carbocycles. The summed E-state index contributed by atoms with van der Waals surface area (Å²) < 4.78 is 6.36. The van der Waals surface area contributed by atoms with Crippen molar-refractivity contribution in [1.82, 2.24) is 0 Å². The van der Waals surface area contributed by atoms with E-state index in [9.17, 15) is 4.79 Å². The van der Waals surface area contributed by atoms with E-state index < -0.39 is 5.97 Å². The number of rotatable bonds is 4. The predicted molar refractivity (Wildman–Crippen MR) is 83.1 cm³/mol. The first-order valence-electron chi connectivity index (χ1n) is 6.59. The van der Waals surface area contributed by atoms with Crippen LogP contribution in [0.5, 0.6) is 0 Å². The summed E-state index contributed by atoms with van der Waals surface area (Å²) in [5.74, 6) is -0.940. The average molecular weight is 340 g/mol. The molecule has 1 saturated heterocycles. The third-order valence-corrected chi connectivity index (χ3v) is 4.14. The Morgan fingerprint density at radius 2 is 2.15 bits per heavy atom. The number of halogens is 1. The van der Waals surface area contributed by atoms with Crippen LogP contribution >= 0.6 is 15.9 Å². The highest BCUT2D eigenvalue weighted by Gasteiger charge is 2.20. The molecule has 0 spiro atoms. The molecule has 0 bridgehead atoms. The summed E-state index contributed by atoms with van der Waals surface area (Å²) in [5.41, 5.74) is 1.98. The Morgan fingerprint density at radius 3 is 2.75 bits per heavy atom. The van der Waals surface area contributed by atoms with Gasteiger partial charge in [-0.25, -0.2) is 4.79 Å². The molecular weight excluding hydrogens is 322 g/mol. The quantitative estimate of drug-likeness (QED) is 0.856. The second-order valence-corrected chi connectivity index (χ2v) is 5.69. The summed E-state index contributed by atoms with van der Waals surface area (Å²) in [6.07, 6.45) is 4.79. The number of ether oxygens (including phenoxy) is 1. The molecule has 0 radical (unpaired) electrons. The van der Waals surface area contributed by atoms with E-state index in [1.54, 1.807) is 6.08 Å². The molecule has 2 rings (SSSR count). The summed E-state index contributed by atoms with van der Waals surface area (Å²) in [5, 5.41) is 8.64. The van der Waals surface area contributed by atoms with Crippen molar-refractivity contribution in [3.63, 3.8) is 0 Å². The van der Waals surface area contributed by atoms with E-state index in [1.165, 1.54) is 0 Å². The zero-order valence-electron chi connectivity index (χ0n) is 11.4. The molecule has 5 heteroatoms. The Hall–Kier alpha value is -1.33. The SMILES string of the molecule is CN(c1ccc(/C=C/C(=O)O)cc1Br)C1CCOCC1. The Kier molecular flexibility index (Phi) is 5.20. The largest absolute Gasteiger partial charge is 0.478 e. The Labute approximate surface area is 127 Å². The summed E-state index contributed by atoms with van der Waals surface area (Å²) in [6.45, 7) is 1.62. The molecule has 1 N–H and O–H groups in total. The number of benzene rings is 1. The highest BCUT2D eigenvalue weighted by atomic mass is 79.9. The molecule has 1 heterocycles. The van der Waals surface area contributed by atoms with Gasteiger partial charge < -0.3 is 14.7 Å². The van der Waals surface area contributed by atoms with Crippen LogP contribution in [0.1, 0.15) is 18.4 Å². The van der Waals surface area contributed by atoms with Gasteiger partial charge in [0.15, 0.2) is 0 Å². The highest BCUT2D eigenvalue weighted by Crippen LogP contribution is 2.30. The van der Waals surface area contributed by atoms with Crippen LogP contribution in [0, 0.1) is 0 Å². The van der Waals surface area contributed by atoms with E-state index in [4.69, 9.17) is 9.84 Å². The van der Waals surface area contributed by atoms with Crippen LogP contribution in [-0.4, -0.2) is 37.4 Å². The van der Waals surface area contributed by atoms with Crippen LogP contribution in [0.2, 0.25) is 0 Å². The van der Waals surface area contributed by atoms with Gasteiger partial charge in [0.25, 0.3) is 0 Å². The first-order valence-corrected chi connectivity index (χ1v) is 7.38. The molecule has 108 valence electrons. The molecule has 0 aliphatic carbocycles. The third kappa shape index (κ3) is 3.84. The van der Waals surface area contributed by atoms with Crippen LogP contribution in [-0.2, 0) is 9.53 Å². The van der Waals surface area contributed by atoms with Crippen molar-refractivity contribution in [3.8, 4) is 0 Å². The van der Waals surface area contributed by atoms with Gasteiger partial charge in [0, 0.05) is 36.9 Å². The lowest BCUT2D eigenvalue weighted by Crippen LogP contribution is -2.36. The van der Waals surface area contributed by atoms with Crippen molar-refractivity contribution in [2.75, 3.05) is 25.2 Å². The normalized spacial score (nSPS) is 16.5. The Bertz CT molecular complexity index is 510. The number of aliphatic carboxylic acids is 1. The molecular formula is C15H18BrNO3. The van der Waals surface area contributed by atoms with Crippen LogP contribution < -0.4 is 4.90 Å². The Balaban J connectivity index is 2.14. The van der Waals surface area contributed by atoms with Crippen molar-refractivity contribution < 1.29 is 14.6 Å². The van der Waals surface area contributed by atoms with Gasteiger partial charge in [0.05, 0.1) is 5.69 Å². The molecule has 0 amide bonds. The molecule has 0 atom stereocenters. The number of nitrogens with zero attached hydrogens (tertiary/aromatic N) is 1. The van der Waals surface area contributed by atoms with Crippen LogP contribution in [0.4, 0.5) is 5.69 Å². The fraction of sp³-hybridized carbons (Fsp3) is 0.400. The number of carbonyl (C=O) groups is 1. The van der Waals surface area contributed by atoms with Gasteiger partial charge in [-0.05, 0) is 52.5 Å². The number of carboxylic acid groups (broad SMARTS) is 1. The van der Waals surface area contributed by atoms with Gasteiger partial charge in [-0.2, -0.15) is 0 Å². The fourth-order valence-electron chi connectivity index (χ4n) is 2.35. The molecule has 1 aromatic rings. The highest BCUT2D eigenvalue weighted by molar-refractivity contribution is 9.10. The second kappa shape index (κ2) is 6.90. The molecule has 4 nitrogen and oxygen atoms in total. The zero-order valence-corrected chi connectivity index (χ0v) is 13.0. The second-order valence-electron chi connectivity index (χ2n) is 4.84. The summed E-state index contributed by atoms with van der Waals surface area (Å²) in [4.78, 5) is 12.8. The Morgan fingerprint density at radius 1 is 1.45 bits per heavy atom. The van der Waals surface area contributed by atoms with Crippen LogP contribution in [0.3, 0.4) is 0 Å². The van der Waals surface area contributed by atoms with Crippen molar-refractivity contribution >= 4 is 33.7 Å². The lowest BCUT2D eigenvalue weighted by Gasteiger charge is -2.33. The van der Waals surface area contributed by atoms with E-state index >= 15 is 0 Å². The maximum atomic E-state index is 10.5. The molecule has 1 aliphatic heterocycles. The smallest absolute Gasteiger partial charge is 0.328 e. The monoisotopic (exact) mass is 339 g/mol. The lowest BCUT2D eigenvalue weighted by atomic mass is 10.1. The molecule has 1 aromatic carbocycles. The zero-order chi connectivity index (χ0) is 14.5. The lowest BCUT2D eigenvalue weighted by molar-refractivity contribution is -0.131. The van der Waals surface area contributed by atoms with E-state index in [0.717, 1.165) is 47.9 Å². The first kappa shape index (κ1) is 15.1. The molecule has 1 aliphatic rings. The van der Waals surface area contributed by atoms with Gasteiger partial charge in [0.1, 0.15) is 0 Å². The summed E-state index contributed by atoms with van der Waals surface area (Å²) in [6, 6.07) is 6.36. The van der Waals surface area contributed by atoms with Crippen LogP contribution in [0.15, 0.2) is 28.7 Å². The van der Waals surface area contributed by atoms with Gasteiger partial charge in [-0.15, -0.1) is 0 Å². The standard InChI is InChI=1S/C15H18BrNO3/c1-17(12-6-8-20-9-7-12)14-4-2-11(10-13(14)16)3-5-15(18)19/h2-5,10,12H,6-9H2,1H3,(H,18,19)/b5-3+. The van der Waals surface area contributed by atoms with Gasteiger partial charge in [-0.1, -0.05) is 6.07 Å². The minimum atomic E-state index is -0.940. The van der Waals surface area contributed by atoms with E-state index in [1.807, 2.05) is 18.2 Å². The maximum Gasteiger partial charge on any atom is 0.328 e. The molecule has 1 fully saturated rings. The number of anilines is 1. The van der Waals surface area contributed by atoms with Crippen LogP contribution in [0.25, 0.3) is 6.08 Å². The molecule has 0 aromatic heterocycles. The summed E-state index contributed by atoms with van der Waals surface area (Å²) in [7, 11) is 2.09. The molecule has 0 unspecified atom stereocenters. The van der Waals surface area contributed by atoms with Gasteiger partial charge in [0.2, 0.25) is 0 Å². The number of hydrogen-bond acceptors (Lipinski definition) is 3. The van der Waals surface area contributed by atoms with E-state index in [0.29, 0.717) is 6.04 Å². The van der Waals surface area contributed by atoms with E-state index in [-0.39, 0.29) is 0 Å².